The van der Waals surface area contributed by atoms with Gasteiger partial charge in [-0.1, -0.05) is 11.6 Å². The lowest BCUT2D eigenvalue weighted by atomic mass is 10.1. The lowest BCUT2D eigenvalue weighted by Gasteiger charge is -2.11. The molecule has 1 aromatic rings. The van der Waals surface area contributed by atoms with E-state index in [1.807, 2.05) is 0 Å². The van der Waals surface area contributed by atoms with Crippen LogP contribution in [0.5, 0.6) is 11.5 Å². The first-order valence-corrected chi connectivity index (χ1v) is 4.98. The molecule has 4 nitrogen and oxygen atoms in total. The number of fused-ring (bicyclic) bond motifs is 1. The SMILES string of the molecule is COc1cc(CON)c(Cl)c2c1OCC2. The number of ether oxygens (including phenoxy) is 2. The van der Waals surface area contributed by atoms with Crippen LogP contribution in [-0.2, 0) is 17.9 Å². The zero-order valence-corrected chi connectivity index (χ0v) is 9.13. The number of rotatable bonds is 3. The first kappa shape index (κ1) is 10.5. The number of hydrogen-bond donors (Lipinski definition) is 1. The highest BCUT2D eigenvalue weighted by Crippen LogP contribution is 2.42. The highest BCUT2D eigenvalue weighted by atomic mass is 35.5. The summed E-state index contributed by atoms with van der Waals surface area (Å²) >= 11 is 6.19. The fourth-order valence-corrected chi connectivity index (χ4v) is 2.00. The topological polar surface area (TPSA) is 53.7 Å². The van der Waals surface area contributed by atoms with E-state index in [0.717, 1.165) is 23.3 Å². The van der Waals surface area contributed by atoms with Gasteiger partial charge in [0.2, 0.25) is 0 Å². The molecular formula is C10H12ClNO3. The van der Waals surface area contributed by atoms with Gasteiger partial charge in [0.05, 0.1) is 25.3 Å². The number of methoxy groups -OCH3 is 1. The lowest BCUT2D eigenvalue weighted by Crippen LogP contribution is -2.01. The first-order valence-electron chi connectivity index (χ1n) is 4.60. The largest absolute Gasteiger partial charge is 0.493 e. The molecule has 15 heavy (non-hydrogen) atoms. The fraction of sp³-hybridized carbons (Fsp3) is 0.400. The molecule has 1 aliphatic heterocycles. The summed E-state index contributed by atoms with van der Waals surface area (Å²) < 4.78 is 10.7. The monoisotopic (exact) mass is 229 g/mol. The Morgan fingerprint density at radius 3 is 3.07 bits per heavy atom. The van der Waals surface area contributed by atoms with E-state index in [0.29, 0.717) is 17.4 Å². The van der Waals surface area contributed by atoms with E-state index >= 15 is 0 Å². The van der Waals surface area contributed by atoms with E-state index in [1.165, 1.54) is 0 Å². The van der Waals surface area contributed by atoms with Crippen molar-refractivity contribution in [2.75, 3.05) is 13.7 Å². The van der Waals surface area contributed by atoms with Crippen molar-refractivity contribution in [3.8, 4) is 11.5 Å². The second-order valence-corrected chi connectivity index (χ2v) is 3.65. The number of nitrogens with two attached hydrogens (primary N) is 1. The molecule has 2 rings (SSSR count). The molecule has 2 N–H and O–H groups in total. The molecule has 0 fully saturated rings. The Hall–Kier alpha value is -0.970. The summed E-state index contributed by atoms with van der Waals surface area (Å²) in [6, 6.07) is 1.79. The summed E-state index contributed by atoms with van der Waals surface area (Å²) in [6.45, 7) is 0.904. The molecule has 0 saturated heterocycles. The molecule has 0 saturated carbocycles. The molecule has 82 valence electrons. The summed E-state index contributed by atoms with van der Waals surface area (Å²) in [4.78, 5) is 4.59. The van der Waals surface area contributed by atoms with Crippen LogP contribution in [0.3, 0.4) is 0 Å². The van der Waals surface area contributed by atoms with E-state index in [4.69, 9.17) is 27.0 Å². The van der Waals surface area contributed by atoms with Gasteiger partial charge in [0.25, 0.3) is 0 Å². The first-order chi connectivity index (χ1) is 7.27. The molecule has 0 atom stereocenters. The average Bonchev–Trinajstić information content (AvgIpc) is 2.71. The standard InChI is InChI=1S/C10H12ClNO3/c1-13-8-4-6(5-15-12)9(11)7-2-3-14-10(7)8/h4H,2-3,5,12H2,1H3. The molecule has 0 aromatic heterocycles. The van der Waals surface area contributed by atoms with Gasteiger partial charge >= 0.3 is 0 Å². The van der Waals surface area contributed by atoms with Gasteiger partial charge in [-0.3, -0.25) is 4.84 Å². The van der Waals surface area contributed by atoms with Crippen molar-refractivity contribution in [2.45, 2.75) is 13.0 Å². The fourth-order valence-electron chi connectivity index (χ4n) is 1.71. The zero-order valence-electron chi connectivity index (χ0n) is 8.38. The molecule has 0 aliphatic carbocycles. The van der Waals surface area contributed by atoms with Gasteiger partial charge in [-0.15, -0.1) is 0 Å². The summed E-state index contributed by atoms with van der Waals surface area (Å²) in [6.07, 6.45) is 0.795. The van der Waals surface area contributed by atoms with Crippen LogP contribution in [0.25, 0.3) is 0 Å². The minimum atomic E-state index is 0.266. The summed E-state index contributed by atoms with van der Waals surface area (Å²) in [5.74, 6) is 6.45. The van der Waals surface area contributed by atoms with Crippen LogP contribution in [0.2, 0.25) is 5.02 Å². The normalized spacial score (nSPS) is 13.5. The lowest BCUT2D eigenvalue weighted by molar-refractivity contribution is 0.124. The Morgan fingerprint density at radius 2 is 2.40 bits per heavy atom. The van der Waals surface area contributed by atoms with Crippen molar-refractivity contribution in [3.63, 3.8) is 0 Å². The van der Waals surface area contributed by atoms with Crippen LogP contribution in [-0.4, -0.2) is 13.7 Å². The van der Waals surface area contributed by atoms with Crippen LogP contribution < -0.4 is 15.4 Å². The maximum atomic E-state index is 6.19. The third-order valence-corrected chi connectivity index (χ3v) is 2.88. The van der Waals surface area contributed by atoms with E-state index in [1.54, 1.807) is 13.2 Å². The van der Waals surface area contributed by atoms with Gasteiger partial charge in [-0.05, 0) is 6.07 Å². The van der Waals surface area contributed by atoms with Crippen LogP contribution in [0.15, 0.2) is 6.07 Å². The maximum absolute atomic E-state index is 6.19. The summed E-state index contributed by atoms with van der Waals surface area (Å²) in [5.41, 5.74) is 1.79. The molecule has 0 bridgehead atoms. The van der Waals surface area contributed by atoms with Crippen molar-refractivity contribution in [1.82, 2.24) is 0 Å². The van der Waals surface area contributed by atoms with Crippen LogP contribution in [0, 0.1) is 0 Å². The summed E-state index contributed by atoms with van der Waals surface area (Å²) in [7, 11) is 1.60. The Labute approximate surface area is 92.8 Å². The molecule has 1 heterocycles. The molecule has 0 amide bonds. The van der Waals surface area contributed by atoms with E-state index in [2.05, 4.69) is 4.84 Å². The van der Waals surface area contributed by atoms with Gasteiger partial charge in [-0.2, -0.15) is 0 Å². The predicted molar refractivity (Wildman–Crippen MR) is 56.2 cm³/mol. The smallest absolute Gasteiger partial charge is 0.165 e. The Balaban J connectivity index is 2.51. The molecular weight excluding hydrogens is 218 g/mol. The van der Waals surface area contributed by atoms with Gasteiger partial charge in [0.1, 0.15) is 0 Å². The third-order valence-electron chi connectivity index (χ3n) is 2.41. The van der Waals surface area contributed by atoms with Crippen molar-refractivity contribution in [2.24, 2.45) is 5.90 Å². The quantitative estimate of drug-likeness (QED) is 0.802. The summed E-state index contributed by atoms with van der Waals surface area (Å²) in [5, 5.41) is 0.661. The third kappa shape index (κ3) is 1.76. The molecule has 1 aliphatic rings. The second-order valence-electron chi connectivity index (χ2n) is 3.27. The van der Waals surface area contributed by atoms with Crippen LogP contribution in [0.4, 0.5) is 0 Å². The second kappa shape index (κ2) is 4.26. The molecule has 0 radical (unpaired) electrons. The molecule has 0 unspecified atom stereocenters. The van der Waals surface area contributed by atoms with Crippen molar-refractivity contribution >= 4 is 11.6 Å². The van der Waals surface area contributed by atoms with Gasteiger partial charge < -0.3 is 9.47 Å². The Bertz CT molecular complexity index is 381. The molecule has 5 heteroatoms. The van der Waals surface area contributed by atoms with Gasteiger partial charge in [-0.25, -0.2) is 5.90 Å². The van der Waals surface area contributed by atoms with Crippen LogP contribution in [0.1, 0.15) is 11.1 Å². The van der Waals surface area contributed by atoms with Gasteiger partial charge in [0.15, 0.2) is 11.5 Å². The van der Waals surface area contributed by atoms with Gasteiger partial charge in [0, 0.05) is 17.5 Å². The van der Waals surface area contributed by atoms with Crippen molar-refractivity contribution in [1.29, 1.82) is 0 Å². The molecule has 0 spiro atoms. The van der Waals surface area contributed by atoms with Crippen molar-refractivity contribution < 1.29 is 14.3 Å². The molecule has 1 aromatic carbocycles. The highest BCUT2D eigenvalue weighted by molar-refractivity contribution is 6.32. The van der Waals surface area contributed by atoms with E-state index in [-0.39, 0.29) is 6.61 Å². The maximum Gasteiger partial charge on any atom is 0.165 e. The van der Waals surface area contributed by atoms with Crippen LogP contribution >= 0.6 is 11.6 Å². The number of halogens is 1. The van der Waals surface area contributed by atoms with E-state index in [9.17, 15) is 0 Å². The number of hydrogen-bond acceptors (Lipinski definition) is 4. The highest BCUT2D eigenvalue weighted by Gasteiger charge is 2.23. The van der Waals surface area contributed by atoms with Crippen molar-refractivity contribution in [3.05, 3.63) is 22.2 Å². The number of benzene rings is 1. The minimum absolute atomic E-state index is 0.266. The predicted octanol–water partition coefficient (Wildman–Crippen LogP) is 1.67. The van der Waals surface area contributed by atoms with E-state index < -0.39 is 0 Å². The Kier molecular flexibility index (Phi) is 3.00. The average molecular weight is 230 g/mol. The minimum Gasteiger partial charge on any atom is -0.493 e. The Morgan fingerprint density at radius 1 is 1.60 bits per heavy atom. The zero-order chi connectivity index (χ0) is 10.8.